The van der Waals surface area contributed by atoms with Crippen LogP contribution in [0.2, 0.25) is 0 Å². The van der Waals surface area contributed by atoms with Gasteiger partial charge in [0, 0.05) is 5.56 Å². The molecule has 2 atom stereocenters. The minimum absolute atomic E-state index is 0.419. The number of carboxylic acid groups (broad SMARTS) is 2. The van der Waals surface area contributed by atoms with Crippen molar-refractivity contribution in [1.82, 2.24) is 0 Å². The SMILES string of the molecule is CCCCC[C@H]1CC[C@H](c2c(C)cc(-c3ccccc3)c(C3O[C@@H](C(=O)O)[C@H](C(=O)O)O3)c2C)CC1. The second-order valence-electron chi connectivity index (χ2n) is 10.4. The lowest BCUT2D eigenvalue weighted by molar-refractivity contribution is -0.156. The Morgan fingerprint density at radius 3 is 2.06 bits per heavy atom. The van der Waals surface area contributed by atoms with Gasteiger partial charge in [0.25, 0.3) is 0 Å². The van der Waals surface area contributed by atoms with Gasteiger partial charge in [-0.3, -0.25) is 0 Å². The summed E-state index contributed by atoms with van der Waals surface area (Å²) < 4.78 is 11.6. The van der Waals surface area contributed by atoms with Crippen molar-refractivity contribution in [2.24, 2.45) is 5.92 Å². The molecule has 1 aliphatic heterocycles. The Balaban J connectivity index is 1.70. The van der Waals surface area contributed by atoms with Crippen LogP contribution >= 0.6 is 0 Å². The fourth-order valence-corrected chi connectivity index (χ4v) is 6.18. The molecular weight excluding hydrogens is 456 g/mol. The van der Waals surface area contributed by atoms with Gasteiger partial charge in [-0.05, 0) is 79.2 Å². The van der Waals surface area contributed by atoms with Crippen LogP contribution in [0.3, 0.4) is 0 Å². The van der Waals surface area contributed by atoms with Gasteiger partial charge in [-0.25, -0.2) is 9.59 Å². The summed E-state index contributed by atoms with van der Waals surface area (Å²) in [5.74, 6) is -1.45. The Hall–Kier alpha value is -2.70. The Bertz CT molecular complexity index is 1050. The van der Waals surface area contributed by atoms with E-state index in [1.54, 1.807) is 0 Å². The summed E-state index contributed by atoms with van der Waals surface area (Å²) in [5.41, 5.74) is 6.08. The Morgan fingerprint density at radius 2 is 1.50 bits per heavy atom. The molecule has 2 aliphatic rings. The van der Waals surface area contributed by atoms with Crippen molar-refractivity contribution in [2.75, 3.05) is 0 Å². The van der Waals surface area contributed by atoms with Crippen molar-refractivity contribution in [3.05, 3.63) is 58.7 Å². The van der Waals surface area contributed by atoms with Crippen LogP contribution in [0, 0.1) is 19.8 Å². The second-order valence-corrected chi connectivity index (χ2v) is 10.4. The standard InChI is InChI=1S/C30H38O6/c1-4-5-7-10-20-13-15-22(16-14-20)24-18(2)17-23(21-11-8-6-9-12-21)25(19(24)3)30-35-26(28(31)32)27(36-30)29(33)34/h6,8-9,11-12,17,20,22,26-27,30H,4-5,7,10,13-16H2,1-3H3,(H,31,32)(H,33,34)/t20-,22-,26-,27-/m1/s1. The second kappa shape index (κ2) is 11.6. The summed E-state index contributed by atoms with van der Waals surface area (Å²) in [7, 11) is 0. The number of ether oxygens (including phenoxy) is 2. The number of hydrogen-bond acceptors (Lipinski definition) is 4. The molecule has 0 radical (unpaired) electrons. The molecule has 1 heterocycles. The quantitative estimate of drug-likeness (QED) is 0.373. The van der Waals surface area contributed by atoms with Crippen LogP contribution in [-0.2, 0) is 19.1 Å². The van der Waals surface area contributed by atoms with E-state index in [1.165, 1.54) is 49.7 Å². The van der Waals surface area contributed by atoms with E-state index >= 15 is 0 Å². The lowest BCUT2D eigenvalue weighted by Gasteiger charge is -2.32. The highest BCUT2D eigenvalue weighted by Crippen LogP contribution is 2.46. The average Bonchev–Trinajstić information content (AvgIpc) is 3.31. The molecule has 194 valence electrons. The molecule has 6 heteroatoms. The van der Waals surface area contributed by atoms with Gasteiger partial charge in [0.15, 0.2) is 18.5 Å². The number of aryl methyl sites for hydroxylation is 1. The van der Waals surface area contributed by atoms with E-state index in [0.717, 1.165) is 41.0 Å². The first kappa shape index (κ1) is 26.4. The van der Waals surface area contributed by atoms with E-state index < -0.39 is 30.4 Å². The molecule has 1 aliphatic carbocycles. The van der Waals surface area contributed by atoms with Gasteiger partial charge in [0.05, 0.1) is 0 Å². The van der Waals surface area contributed by atoms with Crippen LogP contribution in [0.5, 0.6) is 0 Å². The van der Waals surface area contributed by atoms with E-state index in [1.807, 2.05) is 37.3 Å². The molecule has 2 aromatic carbocycles. The number of unbranched alkanes of at least 4 members (excludes halogenated alkanes) is 2. The molecule has 6 nitrogen and oxygen atoms in total. The van der Waals surface area contributed by atoms with E-state index in [4.69, 9.17) is 9.47 Å². The van der Waals surface area contributed by atoms with Gasteiger partial charge in [-0.15, -0.1) is 0 Å². The van der Waals surface area contributed by atoms with Crippen molar-refractivity contribution >= 4 is 11.9 Å². The lowest BCUT2D eigenvalue weighted by Crippen LogP contribution is -2.36. The van der Waals surface area contributed by atoms with Crippen LogP contribution in [0.15, 0.2) is 36.4 Å². The summed E-state index contributed by atoms with van der Waals surface area (Å²) in [5, 5.41) is 19.2. The van der Waals surface area contributed by atoms with Gasteiger partial charge in [-0.2, -0.15) is 0 Å². The predicted molar refractivity (Wildman–Crippen MR) is 138 cm³/mol. The summed E-state index contributed by atoms with van der Waals surface area (Å²) >= 11 is 0. The van der Waals surface area contributed by atoms with Gasteiger partial charge >= 0.3 is 11.9 Å². The van der Waals surface area contributed by atoms with Crippen molar-refractivity contribution in [2.45, 2.75) is 96.6 Å². The van der Waals surface area contributed by atoms with Crippen LogP contribution in [0.1, 0.15) is 92.8 Å². The highest BCUT2D eigenvalue weighted by atomic mass is 16.7. The maximum atomic E-state index is 11.8. The number of rotatable bonds is 9. The number of benzene rings is 2. The van der Waals surface area contributed by atoms with Crippen LogP contribution in [0.4, 0.5) is 0 Å². The first-order valence-corrected chi connectivity index (χ1v) is 13.3. The van der Waals surface area contributed by atoms with Crippen LogP contribution in [-0.4, -0.2) is 34.4 Å². The molecule has 2 fully saturated rings. The number of hydrogen-bond donors (Lipinski definition) is 2. The Kier molecular flexibility index (Phi) is 8.47. The maximum Gasteiger partial charge on any atom is 0.336 e. The monoisotopic (exact) mass is 494 g/mol. The minimum Gasteiger partial charge on any atom is -0.479 e. The third-order valence-corrected chi connectivity index (χ3v) is 7.98. The maximum absolute atomic E-state index is 11.8. The first-order valence-electron chi connectivity index (χ1n) is 13.3. The number of aliphatic carboxylic acids is 2. The molecule has 0 unspecified atom stereocenters. The number of carbonyl (C=O) groups is 2. The third-order valence-electron chi connectivity index (χ3n) is 7.98. The zero-order valence-corrected chi connectivity index (χ0v) is 21.5. The highest BCUT2D eigenvalue weighted by molar-refractivity contribution is 5.84. The normalized spacial score (nSPS) is 24.6. The van der Waals surface area contributed by atoms with E-state index in [9.17, 15) is 19.8 Å². The predicted octanol–water partition coefficient (Wildman–Crippen LogP) is 6.78. The zero-order valence-electron chi connectivity index (χ0n) is 21.5. The molecule has 0 bridgehead atoms. The average molecular weight is 495 g/mol. The zero-order chi connectivity index (χ0) is 25.8. The molecular formula is C30H38O6. The van der Waals surface area contributed by atoms with Crippen molar-refractivity contribution in [3.8, 4) is 11.1 Å². The van der Waals surface area contributed by atoms with E-state index in [2.05, 4.69) is 19.9 Å². The summed E-state index contributed by atoms with van der Waals surface area (Å²) in [6.45, 7) is 6.44. The fraction of sp³-hybridized carbons (Fsp3) is 0.533. The van der Waals surface area contributed by atoms with Crippen molar-refractivity contribution < 1.29 is 29.3 Å². The first-order chi connectivity index (χ1) is 17.3. The van der Waals surface area contributed by atoms with Gasteiger partial charge < -0.3 is 19.7 Å². The van der Waals surface area contributed by atoms with Crippen molar-refractivity contribution in [1.29, 1.82) is 0 Å². The molecule has 0 spiro atoms. The van der Waals surface area contributed by atoms with Crippen LogP contribution in [0.25, 0.3) is 11.1 Å². The van der Waals surface area contributed by atoms with Crippen LogP contribution < -0.4 is 0 Å². The molecule has 0 amide bonds. The lowest BCUT2D eigenvalue weighted by atomic mass is 9.73. The van der Waals surface area contributed by atoms with Crippen molar-refractivity contribution in [3.63, 3.8) is 0 Å². The summed E-state index contributed by atoms with van der Waals surface area (Å²) in [4.78, 5) is 23.5. The third kappa shape index (κ3) is 5.50. The van der Waals surface area contributed by atoms with Gasteiger partial charge in [0.2, 0.25) is 0 Å². The molecule has 2 aromatic rings. The Morgan fingerprint density at radius 1 is 0.889 bits per heavy atom. The fourth-order valence-electron chi connectivity index (χ4n) is 6.18. The van der Waals surface area contributed by atoms with Gasteiger partial charge in [0.1, 0.15) is 0 Å². The largest absolute Gasteiger partial charge is 0.479 e. The molecule has 1 saturated heterocycles. The highest BCUT2D eigenvalue weighted by Gasteiger charge is 2.47. The summed E-state index contributed by atoms with van der Waals surface area (Å²) in [6, 6.07) is 12.0. The topological polar surface area (TPSA) is 93.1 Å². The number of carboxylic acids is 2. The Labute approximate surface area is 213 Å². The minimum atomic E-state index is -1.56. The summed E-state index contributed by atoms with van der Waals surface area (Å²) in [6.07, 6.45) is 5.71. The molecule has 1 saturated carbocycles. The molecule has 0 aromatic heterocycles. The van der Waals surface area contributed by atoms with E-state index in [-0.39, 0.29) is 0 Å². The van der Waals surface area contributed by atoms with E-state index in [0.29, 0.717) is 5.92 Å². The van der Waals surface area contributed by atoms with Gasteiger partial charge in [-0.1, -0.05) is 69.0 Å². The molecule has 4 rings (SSSR count). The molecule has 2 N–H and O–H groups in total. The smallest absolute Gasteiger partial charge is 0.336 e. The molecule has 36 heavy (non-hydrogen) atoms.